The highest BCUT2D eigenvalue weighted by Gasteiger charge is 2.38. The van der Waals surface area contributed by atoms with Crippen LogP contribution >= 0.6 is 0 Å². The highest BCUT2D eigenvalue weighted by atomic mass is 16.1. The van der Waals surface area contributed by atoms with E-state index in [1.165, 1.54) is 11.3 Å². The van der Waals surface area contributed by atoms with Crippen molar-refractivity contribution in [1.29, 1.82) is 0 Å². The predicted molar refractivity (Wildman–Crippen MR) is 88.4 cm³/mol. The van der Waals surface area contributed by atoms with Gasteiger partial charge in [0, 0.05) is 35.4 Å². The van der Waals surface area contributed by atoms with E-state index in [2.05, 4.69) is 30.0 Å². The summed E-state index contributed by atoms with van der Waals surface area (Å²) in [6, 6.07) is 18.2. The van der Waals surface area contributed by atoms with Gasteiger partial charge in [0.2, 0.25) is 0 Å². The van der Waals surface area contributed by atoms with Crippen LogP contribution in [0.3, 0.4) is 0 Å². The van der Waals surface area contributed by atoms with Gasteiger partial charge in [-0.25, -0.2) is 0 Å². The Morgan fingerprint density at radius 1 is 0.909 bits per heavy atom. The van der Waals surface area contributed by atoms with Crippen molar-refractivity contribution >= 4 is 11.5 Å². The van der Waals surface area contributed by atoms with Gasteiger partial charge in [-0.15, -0.1) is 0 Å². The summed E-state index contributed by atoms with van der Waals surface area (Å²) in [4.78, 5) is 15.1. The van der Waals surface area contributed by atoms with Crippen molar-refractivity contribution in [2.24, 2.45) is 0 Å². The third-order valence-corrected chi connectivity index (χ3v) is 4.67. The molecule has 1 heterocycles. The Morgan fingerprint density at radius 3 is 2.27 bits per heavy atom. The highest BCUT2D eigenvalue weighted by molar-refractivity contribution is 6.21. The van der Waals surface area contributed by atoms with Crippen LogP contribution in [0.5, 0.6) is 0 Å². The van der Waals surface area contributed by atoms with Crippen molar-refractivity contribution in [3.63, 3.8) is 0 Å². The van der Waals surface area contributed by atoms with Crippen LogP contribution in [0.15, 0.2) is 71.9 Å². The molecule has 0 aromatic heterocycles. The SMILES string of the molecule is CC1=CC(c2ccccc2)C2=C(c3ccccc3C2=O)N1C. The molecule has 1 unspecified atom stereocenters. The van der Waals surface area contributed by atoms with Gasteiger partial charge < -0.3 is 4.90 Å². The van der Waals surface area contributed by atoms with E-state index < -0.39 is 0 Å². The minimum absolute atomic E-state index is 0.0345. The Kier molecular flexibility index (Phi) is 2.80. The van der Waals surface area contributed by atoms with Crippen molar-refractivity contribution in [1.82, 2.24) is 4.90 Å². The van der Waals surface area contributed by atoms with E-state index in [0.29, 0.717) is 0 Å². The number of rotatable bonds is 1. The lowest BCUT2D eigenvalue weighted by atomic mass is 9.85. The number of carbonyl (C=O) groups excluding carboxylic acids is 1. The molecule has 108 valence electrons. The van der Waals surface area contributed by atoms with Crippen LogP contribution < -0.4 is 0 Å². The van der Waals surface area contributed by atoms with Gasteiger partial charge in [-0.05, 0) is 12.5 Å². The lowest BCUT2D eigenvalue weighted by Crippen LogP contribution is -2.22. The maximum Gasteiger partial charge on any atom is 0.192 e. The van der Waals surface area contributed by atoms with Crippen LogP contribution in [-0.2, 0) is 0 Å². The van der Waals surface area contributed by atoms with Gasteiger partial charge in [0.25, 0.3) is 0 Å². The maximum absolute atomic E-state index is 13.0. The Labute approximate surface area is 130 Å². The van der Waals surface area contributed by atoms with Crippen molar-refractivity contribution in [2.75, 3.05) is 7.05 Å². The highest BCUT2D eigenvalue weighted by Crippen LogP contribution is 2.46. The molecular formula is C20H17NO. The number of carbonyl (C=O) groups is 1. The average molecular weight is 287 g/mol. The average Bonchev–Trinajstić information content (AvgIpc) is 2.86. The Morgan fingerprint density at radius 2 is 1.55 bits per heavy atom. The number of hydrogen-bond donors (Lipinski definition) is 0. The maximum atomic E-state index is 13.0. The van der Waals surface area contributed by atoms with Crippen LogP contribution in [0.1, 0.15) is 34.3 Å². The zero-order chi connectivity index (χ0) is 15.3. The van der Waals surface area contributed by atoms with E-state index in [0.717, 1.165) is 22.4 Å². The zero-order valence-corrected chi connectivity index (χ0v) is 12.7. The second-order valence-electron chi connectivity index (χ2n) is 5.89. The summed E-state index contributed by atoms with van der Waals surface area (Å²) in [6.07, 6.45) is 2.19. The van der Waals surface area contributed by atoms with E-state index in [1.807, 2.05) is 49.5 Å². The lowest BCUT2D eigenvalue weighted by Gasteiger charge is -2.31. The number of fused-ring (bicyclic) bond motifs is 2. The summed E-state index contributed by atoms with van der Waals surface area (Å²) in [5, 5.41) is 0. The van der Waals surface area contributed by atoms with Crippen molar-refractivity contribution in [2.45, 2.75) is 12.8 Å². The summed E-state index contributed by atoms with van der Waals surface area (Å²) in [5.74, 6) is 0.197. The monoisotopic (exact) mass is 287 g/mol. The summed E-state index contributed by atoms with van der Waals surface area (Å²) in [5.41, 5.74) is 6.19. The minimum atomic E-state index is 0.0345. The van der Waals surface area contributed by atoms with E-state index in [-0.39, 0.29) is 11.7 Å². The summed E-state index contributed by atoms with van der Waals surface area (Å²) >= 11 is 0. The number of Topliss-reactive ketones (excluding diaryl/α,β-unsaturated/α-hetero) is 1. The van der Waals surface area contributed by atoms with Gasteiger partial charge in [-0.2, -0.15) is 0 Å². The first-order chi connectivity index (χ1) is 10.7. The van der Waals surface area contributed by atoms with Gasteiger partial charge in [0.15, 0.2) is 5.78 Å². The summed E-state index contributed by atoms with van der Waals surface area (Å²) < 4.78 is 0. The topological polar surface area (TPSA) is 20.3 Å². The normalized spacial score (nSPS) is 19.9. The van der Waals surface area contributed by atoms with Gasteiger partial charge in [-0.3, -0.25) is 4.79 Å². The molecule has 1 atom stereocenters. The molecule has 0 fully saturated rings. The zero-order valence-electron chi connectivity index (χ0n) is 12.7. The fraction of sp³-hybridized carbons (Fsp3) is 0.150. The molecule has 0 amide bonds. The van der Waals surface area contributed by atoms with Gasteiger partial charge in [0.1, 0.15) is 0 Å². The summed E-state index contributed by atoms with van der Waals surface area (Å²) in [7, 11) is 2.04. The van der Waals surface area contributed by atoms with Crippen LogP contribution in [0.2, 0.25) is 0 Å². The Hall–Kier alpha value is -2.61. The molecule has 2 aromatic carbocycles. The molecule has 0 saturated heterocycles. The van der Waals surface area contributed by atoms with Crippen molar-refractivity contribution in [3.8, 4) is 0 Å². The quantitative estimate of drug-likeness (QED) is 0.782. The summed E-state index contributed by atoms with van der Waals surface area (Å²) in [6.45, 7) is 2.10. The molecule has 0 bridgehead atoms. The largest absolute Gasteiger partial charge is 0.348 e. The molecule has 0 saturated carbocycles. The number of allylic oxidation sites excluding steroid dienone is 3. The second kappa shape index (κ2) is 4.70. The lowest BCUT2D eigenvalue weighted by molar-refractivity contribution is 0.103. The Bertz CT molecular complexity index is 830. The van der Waals surface area contributed by atoms with E-state index >= 15 is 0 Å². The molecule has 0 radical (unpaired) electrons. The molecule has 2 aliphatic rings. The molecule has 2 aromatic rings. The predicted octanol–water partition coefficient (Wildman–Crippen LogP) is 4.23. The van der Waals surface area contributed by atoms with E-state index in [1.54, 1.807) is 0 Å². The number of benzene rings is 2. The molecule has 2 heteroatoms. The first kappa shape index (κ1) is 13.1. The van der Waals surface area contributed by atoms with Crippen LogP contribution in [0, 0.1) is 0 Å². The number of hydrogen-bond acceptors (Lipinski definition) is 2. The fourth-order valence-corrected chi connectivity index (χ4v) is 3.47. The smallest absolute Gasteiger partial charge is 0.192 e. The Balaban J connectivity index is 1.95. The van der Waals surface area contributed by atoms with Gasteiger partial charge in [0.05, 0.1) is 5.70 Å². The molecule has 0 spiro atoms. The van der Waals surface area contributed by atoms with E-state index in [9.17, 15) is 4.79 Å². The third kappa shape index (κ3) is 1.70. The van der Waals surface area contributed by atoms with Crippen molar-refractivity contribution < 1.29 is 4.79 Å². The molecule has 0 N–H and O–H groups in total. The van der Waals surface area contributed by atoms with Crippen LogP contribution in [-0.4, -0.2) is 17.7 Å². The van der Waals surface area contributed by atoms with E-state index in [4.69, 9.17) is 0 Å². The van der Waals surface area contributed by atoms with Gasteiger partial charge >= 0.3 is 0 Å². The van der Waals surface area contributed by atoms with Crippen molar-refractivity contribution in [3.05, 3.63) is 88.6 Å². The molecule has 22 heavy (non-hydrogen) atoms. The minimum Gasteiger partial charge on any atom is -0.348 e. The molecular weight excluding hydrogens is 270 g/mol. The van der Waals surface area contributed by atoms with Crippen LogP contribution in [0.25, 0.3) is 5.70 Å². The first-order valence-electron chi connectivity index (χ1n) is 7.54. The molecule has 1 aliphatic heterocycles. The standard InChI is InChI=1S/C20H17NO/c1-13-12-17(14-8-4-3-5-9-14)18-19(21(13)2)15-10-6-7-11-16(15)20(18)22/h3-12,17H,1-2H3. The van der Waals surface area contributed by atoms with Gasteiger partial charge in [-0.1, -0.05) is 60.7 Å². The molecule has 4 rings (SSSR count). The fourth-order valence-electron chi connectivity index (χ4n) is 3.47. The first-order valence-corrected chi connectivity index (χ1v) is 7.54. The van der Waals surface area contributed by atoms with Crippen LogP contribution in [0.4, 0.5) is 0 Å². The number of ketones is 1. The second-order valence-corrected chi connectivity index (χ2v) is 5.89. The molecule has 2 nitrogen and oxygen atoms in total. The molecule has 1 aliphatic carbocycles. The number of nitrogens with zero attached hydrogens (tertiary/aromatic N) is 1. The third-order valence-electron chi connectivity index (χ3n) is 4.67.